The Morgan fingerprint density at radius 3 is 2.74 bits per heavy atom. The van der Waals surface area contributed by atoms with Crippen LogP contribution >= 0.6 is 12.4 Å². The molecule has 0 saturated carbocycles. The number of piperidine rings is 1. The fourth-order valence-corrected chi connectivity index (χ4v) is 3.48. The molecule has 1 aromatic heterocycles. The Balaban J connectivity index is 0.00000156. The quantitative estimate of drug-likeness (QED) is 0.802. The standard InChI is InChI=1S/C17H19N5.ClH/c1-2-5-14-10-15(8-7-13(14)4-1)17(22-12-19-20-21-22)16-6-3-9-18-11-16;/h1-2,4-5,7-8,10,12,16-18H,3,6,9,11H2;1H/t16-,17-;/m1./s1. The molecule has 2 heterocycles. The van der Waals surface area contributed by atoms with E-state index in [9.17, 15) is 0 Å². The van der Waals surface area contributed by atoms with Crippen molar-refractivity contribution in [1.82, 2.24) is 25.5 Å². The number of aromatic nitrogens is 4. The zero-order chi connectivity index (χ0) is 14.8. The lowest BCUT2D eigenvalue weighted by Gasteiger charge is -2.30. The summed E-state index contributed by atoms with van der Waals surface area (Å²) in [4.78, 5) is 0. The first kappa shape index (κ1) is 15.9. The summed E-state index contributed by atoms with van der Waals surface area (Å²) in [5.41, 5.74) is 1.28. The molecule has 1 saturated heterocycles. The molecule has 23 heavy (non-hydrogen) atoms. The summed E-state index contributed by atoms with van der Waals surface area (Å²) in [7, 11) is 0. The van der Waals surface area contributed by atoms with Crippen molar-refractivity contribution in [1.29, 1.82) is 0 Å². The molecule has 1 aliphatic rings. The van der Waals surface area contributed by atoms with E-state index >= 15 is 0 Å². The summed E-state index contributed by atoms with van der Waals surface area (Å²) < 4.78 is 1.90. The van der Waals surface area contributed by atoms with Gasteiger partial charge in [-0.05, 0) is 58.1 Å². The fourth-order valence-electron chi connectivity index (χ4n) is 3.48. The maximum atomic E-state index is 4.18. The van der Waals surface area contributed by atoms with Gasteiger partial charge in [0.05, 0.1) is 6.04 Å². The van der Waals surface area contributed by atoms with Crippen LogP contribution in [-0.2, 0) is 0 Å². The normalized spacial score (nSPS) is 19.2. The molecule has 0 unspecified atom stereocenters. The third-order valence-electron chi connectivity index (χ3n) is 4.55. The Labute approximate surface area is 141 Å². The van der Waals surface area contributed by atoms with Crippen LogP contribution in [0.2, 0.25) is 0 Å². The minimum atomic E-state index is 0. The highest BCUT2D eigenvalue weighted by Gasteiger charge is 2.27. The summed E-state index contributed by atoms with van der Waals surface area (Å²) in [5, 5.41) is 17.9. The number of halogens is 1. The molecular formula is C17H20ClN5. The monoisotopic (exact) mass is 329 g/mol. The molecule has 0 spiro atoms. The lowest BCUT2D eigenvalue weighted by atomic mass is 9.86. The van der Waals surface area contributed by atoms with Gasteiger partial charge in [-0.2, -0.15) is 0 Å². The van der Waals surface area contributed by atoms with E-state index in [2.05, 4.69) is 63.3 Å². The van der Waals surface area contributed by atoms with Crippen LogP contribution in [0, 0.1) is 5.92 Å². The van der Waals surface area contributed by atoms with E-state index in [1.54, 1.807) is 6.33 Å². The van der Waals surface area contributed by atoms with Crippen molar-refractivity contribution in [3.63, 3.8) is 0 Å². The number of hydrogen-bond donors (Lipinski definition) is 1. The number of benzene rings is 2. The average molecular weight is 330 g/mol. The highest BCUT2D eigenvalue weighted by atomic mass is 35.5. The van der Waals surface area contributed by atoms with Crippen LogP contribution in [0.5, 0.6) is 0 Å². The van der Waals surface area contributed by atoms with E-state index in [1.807, 2.05) is 4.68 Å². The summed E-state index contributed by atoms with van der Waals surface area (Å²) in [5.74, 6) is 0.512. The molecule has 4 rings (SSSR count). The minimum absolute atomic E-state index is 0. The van der Waals surface area contributed by atoms with Crippen LogP contribution in [0.3, 0.4) is 0 Å². The Bertz CT molecular complexity index is 753. The molecular weight excluding hydrogens is 310 g/mol. The van der Waals surface area contributed by atoms with Crippen LogP contribution in [0.15, 0.2) is 48.8 Å². The highest BCUT2D eigenvalue weighted by Crippen LogP contribution is 2.32. The average Bonchev–Trinajstić information content (AvgIpc) is 3.10. The van der Waals surface area contributed by atoms with Gasteiger partial charge in [0, 0.05) is 6.54 Å². The first-order chi connectivity index (χ1) is 10.9. The van der Waals surface area contributed by atoms with E-state index in [1.165, 1.54) is 29.2 Å². The number of nitrogens with one attached hydrogen (secondary N) is 1. The van der Waals surface area contributed by atoms with Gasteiger partial charge in [0.25, 0.3) is 0 Å². The first-order valence-corrected chi connectivity index (χ1v) is 7.84. The minimum Gasteiger partial charge on any atom is -0.316 e. The summed E-state index contributed by atoms with van der Waals surface area (Å²) in [6.45, 7) is 2.12. The largest absolute Gasteiger partial charge is 0.316 e. The number of hydrogen-bond acceptors (Lipinski definition) is 4. The third-order valence-corrected chi connectivity index (χ3v) is 4.55. The molecule has 1 N–H and O–H groups in total. The number of fused-ring (bicyclic) bond motifs is 1. The molecule has 2 atom stereocenters. The Hall–Kier alpha value is -1.98. The summed E-state index contributed by atoms with van der Waals surface area (Å²) >= 11 is 0. The lowest BCUT2D eigenvalue weighted by Crippen LogP contribution is -2.36. The van der Waals surface area contributed by atoms with Crippen LogP contribution in [-0.4, -0.2) is 33.3 Å². The molecule has 5 nitrogen and oxygen atoms in total. The molecule has 3 aromatic rings. The van der Waals surface area contributed by atoms with Crippen LogP contribution in [0.1, 0.15) is 24.4 Å². The molecule has 6 heteroatoms. The Morgan fingerprint density at radius 2 is 2.00 bits per heavy atom. The van der Waals surface area contributed by atoms with Crippen LogP contribution in [0.25, 0.3) is 10.8 Å². The van der Waals surface area contributed by atoms with Crippen molar-refractivity contribution < 1.29 is 0 Å². The van der Waals surface area contributed by atoms with Crippen molar-refractivity contribution in [2.75, 3.05) is 13.1 Å². The van der Waals surface area contributed by atoms with Crippen molar-refractivity contribution in [2.45, 2.75) is 18.9 Å². The van der Waals surface area contributed by atoms with Crippen molar-refractivity contribution in [3.8, 4) is 0 Å². The molecule has 2 aromatic carbocycles. The lowest BCUT2D eigenvalue weighted by molar-refractivity contribution is 0.279. The third kappa shape index (κ3) is 3.21. The number of tetrazole rings is 1. The number of nitrogens with zero attached hydrogens (tertiary/aromatic N) is 4. The summed E-state index contributed by atoms with van der Waals surface area (Å²) in [6, 6.07) is 15.3. The van der Waals surface area contributed by atoms with Gasteiger partial charge in [-0.25, -0.2) is 4.68 Å². The maximum absolute atomic E-state index is 4.18. The van der Waals surface area contributed by atoms with Gasteiger partial charge >= 0.3 is 0 Å². The van der Waals surface area contributed by atoms with Crippen LogP contribution < -0.4 is 5.32 Å². The smallest absolute Gasteiger partial charge is 0.138 e. The van der Waals surface area contributed by atoms with Crippen molar-refractivity contribution in [2.24, 2.45) is 5.92 Å². The fraction of sp³-hybridized carbons (Fsp3) is 0.353. The Morgan fingerprint density at radius 1 is 1.13 bits per heavy atom. The second kappa shape index (κ2) is 7.06. The molecule has 1 fully saturated rings. The van der Waals surface area contributed by atoms with Gasteiger partial charge in [0.15, 0.2) is 0 Å². The maximum Gasteiger partial charge on any atom is 0.138 e. The van der Waals surface area contributed by atoms with E-state index in [0.29, 0.717) is 5.92 Å². The zero-order valence-electron chi connectivity index (χ0n) is 12.8. The molecule has 0 aliphatic carbocycles. The van der Waals surface area contributed by atoms with E-state index < -0.39 is 0 Å². The van der Waals surface area contributed by atoms with E-state index in [0.717, 1.165) is 13.1 Å². The van der Waals surface area contributed by atoms with Gasteiger partial charge in [-0.15, -0.1) is 17.5 Å². The zero-order valence-corrected chi connectivity index (χ0v) is 13.6. The second-order valence-corrected chi connectivity index (χ2v) is 5.95. The van der Waals surface area contributed by atoms with Gasteiger partial charge in [-0.3, -0.25) is 0 Å². The molecule has 0 radical (unpaired) electrons. The first-order valence-electron chi connectivity index (χ1n) is 7.84. The van der Waals surface area contributed by atoms with Gasteiger partial charge in [0.1, 0.15) is 6.33 Å². The van der Waals surface area contributed by atoms with Crippen molar-refractivity contribution in [3.05, 3.63) is 54.4 Å². The molecule has 120 valence electrons. The molecule has 1 aliphatic heterocycles. The SMILES string of the molecule is Cl.c1ccc2cc([C@H]([C@@H]3CCCNC3)n3cnnn3)ccc2c1. The van der Waals surface area contributed by atoms with E-state index in [4.69, 9.17) is 0 Å². The van der Waals surface area contributed by atoms with Gasteiger partial charge in [-0.1, -0.05) is 36.4 Å². The predicted molar refractivity (Wildman–Crippen MR) is 92.7 cm³/mol. The Kier molecular flexibility index (Phi) is 4.88. The van der Waals surface area contributed by atoms with E-state index in [-0.39, 0.29) is 18.4 Å². The number of rotatable bonds is 3. The molecule has 0 amide bonds. The topological polar surface area (TPSA) is 55.6 Å². The predicted octanol–water partition coefficient (Wildman–Crippen LogP) is 2.84. The van der Waals surface area contributed by atoms with Crippen molar-refractivity contribution >= 4 is 23.2 Å². The second-order valence-electron chi connectivity index (χ2n) is 5.95. The van der Waals surface area contributed by atoms with Gasteiger partial charge < -0.3 is 5.32 Å². The highest BCUT2D eigenvalue weighted by molar-refractivity contribution is 5.85. The summed E-state index contributed by atoms with van der Waals surface area (Å²) in [6.07, 6.45) is 4.13. The molecule has 0 bridgehead atoms. The van der Waals surface area contributed by atoms with Crippen LogP contribution in [0.4, 0.5) is 0 Å². The van der Waals surface area contributed by atoms with Gasteiger partial charge in [0.2, 0.25) is 0 Å².